The van der Waals surface area contributed by atoms with E-state index < -0.39 is 0 Å². The van der Waals surface area contributed by atoms with Crippen molar-refractivity contribution in [3.8, 4) is 0 Å². The van der Waals surface area contributed by atoms with Crippen molar-refractivity contribution < 1.29 is 4.79 Å². The lowest BCUT2D eigenvalue weighted by Crippen LogP contribution is -2.30. The molecule has 4 nitrogen and oxygen atoms in total. The number of hydrogen-bond acceptors (Lipinski definition) is 2. The van der Waals surface area contributed by atoms with Gasteiger partial charge in [-0.15, -0.1) is 0 Å². The minimum absolute atomic E-state index is 0.177. The number of anilines is 2. The van der Waals surface area contributed by atoms with E-state index in [0.29, 0.717) is 22.9 Å². The van der Waals surface area contributed by atoms with Crippen molar-refractivity contribution in [2.24, 2.45) is 0 Å². The molecule has 0 fully saturated rings. The molecule has 2 amide bonds. The largest absolute Gasteiger partial charge is 0.399 e. The van der Waals surface area contributed by atoms with Crippen LogP contribution in [0.25, 0.3) is 0 Å². The molecular weight excluding hydrogens is 274 g/mol. The molecule has 0 saturated carbocycles. The summed E-state index contributed by atoms with van der Waals surface area (Å²) in [6, 6.07) is 14.3. The molecule has 0 saturated heterocycles. The highest BCUT2D eigenvalue weighted by Crippen LogP contribution is 2.14. The number of carbonyl (C=O) groups excluding carboxylic acids is 1. The van der Waals surface area contributed by atoms with Gasteiger partial charge in [0.1, 0.15) is 0 Å². The molecule has 0 aromatic heterocycles. The van der Waals surface area contributed by atoms with Gasteiger partial charge in [-0.3, -0.25) is 0 Å². The van der Waals surface area contributed by atoms with Crippen LogP contribution in [0, 0.1) is 0 Å². The standard InChI is InChI=1S/C15H16ClN3O/c1-19(10-11-2-6-13(17)7-3-11)15(20)18-14-8-4-12(16)5-9-14/h2-9H,10,17H2,1H3,(H,18,20). The molecule has 20 heavy (non-hydrogen) atoms. The Morgan fingerprint density at radius 3 is 2.35 bits per heavy atom. The molecule has 0 bridgehead atoms. The molecule has 0 radical (unpaired) electrons. The Bertz CT molecular complexity index is 581. The van der Waals surface area contributed by atoms with Gasteiger partial charge in [-0.1, -0.05) is 23.7 Å². The fourth-order valence-electron chi connectivity index (χ4n) is 1.72. The maximum Gasteiger partial charge on any atom is 0.321 e. The van der Waals surface area contributed by atoms with Crippen molar-refractivity contribution in [2.45, 2.75) is 6.54 Å². The molecule has 0 atom stereocenters. The van der Waals surface area contributed by atoms with Crippen molar-refractivity contribution in [2.75, 3.05) is 18.1 Å². The van der Waals surface area contributed by atoms with E-state index in [0.717, 1.165) is 5.56 Å². The molecule has 0 spiro atoms. The number of nitrogens with zero attached hydrogens (tertiary/aromatic N) is 1. The lowest BCUT2D eigenvalue weighted by Gasteiger charge is -2.18. The average molecular weight is 290 g/mol. The predicted octanol–water partition coefficient (Wildman–Crippen LogP) is 3.59. The van der Waals surface area contributed by atoms with E-state index in [1.54, 1.807) is 36.2 Å². The number of urea groups is 1. The third-order valence-corrected chi connectivity index (χ3v) is 3.09. The monoisotopic (exact) mass is 289 g/mol. The number of nitrogens with one attached hydrogen (secondary N) is 1. The van der Waals surface area contributed by atoms with Crippen LogP contribution in [0.15, 0.2) is 48.5 Å². The van der Waals surface area contributed by atoms with Crippen molar-refractivity contribution in [1.82, 2.24) is 4.90 Å². The van der Waals surface area contributed by atoms with E-state index in [-0.39, 0.29) is 6.03 Å². The first-order chi connectivity index (χ1) is 9.54. The molecule has 2 rings (SSSR count). The second kappa shape index (κ2) is 6.30. The predicted molar refractivity (Wildman–Crippen MR) is 82.8 cm³/mol. The number of halogens is 1. The summed E-state index contributed by atoms with van der Waals surface area (Å²) in [6.45, 7) is 0.514. The first-order valence-electron chi connectivity index (χ1n) is 6.17. The first kappa shape index (κ1) is 14.2. The van der Waals surface area contributed by atoms with Crippen LogP contribution in [-0.2, 0) is 6.54 Å². The molecule has 2 aromatic rings. The zero-order valence-corrected chi connectivity index (χ0v) is 11.9. The Labute approximate surface area is 123 Å². The molecule has 5 heteroatoms. The van der Waals surface area contributed by atoms with Gasteiger partial charge in [-0.2, -0.15) is 0 Å². The summed E-state index contributed by atoms with van der Waals surface area (Å²) in [6.07, 6.45) is 0. The van der Waals surface area contributed by atoms with Crippen LogP contribution in [0.3, 0.4) is 0 Å². The van der Waals surface area contributed by atoms with Gasteiger partial charge in [-0.25, -0.2) is 4.79 Å². The summed E-state index contributed by atoms with van der Waals surface area (Å²) in [7, 11) is 1.74. The molecule has 0 heterocycles. The first-order valence-corrected chi connectivity index (χ1v) is 6.54. The number of benzene rings is 2. The highest BCUT2D eigenvalue weighted by atomic mass is 35.5. The van der Waals surface area contributed by atoms with E-state index in [1.165, 1.54) is 0 Å². The maximum absolute atomic E-state index is 12.0. The number of rotatable bonds is 3. The minimum Gasteiger partial charge on any atom is -0.399 e. The van der Waals surface area contributed by atoms with E-state index >= 15 is 0 Å². The lowest BCUT2D eigenvalue weighted by molar-refractivity contribution is 0.220. The third-order valence-electron chi connectivity index (χ3n) is 2.84. The van der Waals surface area contributed by atoms with E-state index in [4.69, 9.17) is 17.3 Å². The highest BCUT2D eigenvalue weighted by Gasteiger charge is 2.09. The summed E-state index contributed by atoms with van der Waals surface area (Å²) >= 11 is 5.80. The molecule has 2 aromatic carbocycles. The third kappa shape index (κ3) is 3.90. The van der Waals surface area contributed by atoms with Crippen molar-refractivity contribution in [3.05, 3.63) is 59.1 Å². The van der Waals surface area contributed by atoms with Gasteiger partial charge in [0.2, 0.25) is 0 Å². The van der Waals surface area contributed by atoms with Crippen molar-refractivity contribution in [3.63, 3.8) is 0 Å². The van der Waals surface area contributed by atoms with Crippen LogP contribution in [0.1, 0.15) is 5.56 Å². The number of nitrogens with two attached hydrogens (primary N) is 1. The van der Waals surface area contributed by atoms with Gasteiger partial charge >= 0.3 is 6.03 Å². The summed E-state index contributed by atoms with van der Waals surface area (Å²) < 4.78 is 0. The number of nitrogen functional groups attached to an aromatic ring is 1. The van der Waals surface area contributed by atoms with E-state index in [1.807, 2.05) is 24.3 Å². The smallest absolute Gasteiger partial charge is 0.321 e. The Balaban J connectivity index is 1.94. The maximum atomic E-state index is 12.0. The van der Waals surface area contributed by atoms with Gasteiger partial charge in [0.25, 0.3) is 0 Å². The fourth-order valence-corrected chi connectivity index (χ4v) is 1.85. The molecule has 3 N–H and O–H groups in total. The minimum atomic E-state index is -0.177. The Kier molecular flexibility index (Phi) is 4.48. The molecule has 0 unspecified atom stereocenters. The fraction of sp³-hybridized carbons (Fsp3) is 0.133. The van der Waals surface area contributed by atoms with Crippen LogP contribution in [0.2, 0.25) is 5.02 Å². The summed E-state index contributed by atoms with van der Waals surface area (Å²) in [5.74, 6) is 0. The zero-order valence-electron chi connectivity index (χ0n) is 11.1. The second-order valence-electron chi connectivity index (χ2n) is 4.53. The van der Waals surface area contributed by atoms with Crippen LogP contribution in [0.4, 0.5) is 16.2 Å². The van der Waals surface area contributed by atoms with Crippen molar-refractivity contribution in [1.29, 1.82) is 0 Å². The molecular formula is C15H16ClN3O. The van der Waals surface area contributed by atoms with E-state index in [2.05, 4.69) is 5.32 Å². The van der Waals surface area contributed by atoms with E-state index in [9.17, 15) is 4.79 Å². The van der Waals surface area contributed by atoms with Gasteiger partial charge in [-0.05, 0) is 42.0 Å². The van der Waals surface area contributed by atoms with Crippen molar-refractivity contribution >= 4 is 29.0 Å². The molecule has 104 valence electrons. The zero-order chi connectivity index (χ0) is 14.5. The summed E-state index contributed by atoms with van der Waals surface area (Å²) in [5, 5.41) is 3.44. The molecule has 0 aliphatic rings. The SMILES string of the molecule is CN(Cc1ccc(N)cc1)C(=O)Nc1ccc(Cl)cc1. The van der Waals surface area contributed by atoms with Gasteiger partial charge in [0, 0.05) is 30.0 Å². The number of hydrogen-bond donors (Lipinski definition) is 2. The Morgan fingerprint density at radius 2 is 1.75 bits per heavy atom. The lowest BCUT2D eigenvalue weighted by atomic mass is 10.2. The average Bonchev–Trinajstić information content (AvgIpc) is 2.44. The summed E-state index contributed by atoms with van der Waals surface area (Å²) in [5.41, 5.74) is 8.07. The van der Waals surface area contributed by atoms with Gasteiger partial charge in [0.05, 0.1) is 0 Å². The van der Waals surface area contributed by atoms with Crippen LogP contribution >= 0.6 is 11.6 Å². The molecule has 0 aliphatic heterocycles. The normalized spacial score (nSPS) is 10.1. The Hall–Kier alpha value is -2.20. The number of amides is 2. The van der Waals surface area contributed by atoms with Gasteiger partial charge < -0.3 is 16.0 Å². The highest BCUT2D eigenvalue weighted by molar-refractivity contribution is 6.30. The topological polar surface area (TPSA) is 58.4 Å². The van der Waals surface area contributed by atoms with Crippen LogP contribution in [0.5, 0.6) is 0 Å². The second-order valence-corrected chi connectivity index (χ2v) is 4.97. The molecule has 0 aliphatic carbocycles. The quantitative estimate of drug-likeness (QED) is 0.849. The van der Waals surface area contributed by atoms with Gasteiger partial charge in [0.15, 0.2) is 0 Å². The Morgan fingerprint density at radius 1 is 1.15 bits per heavy atom. The number of carbonyl (C=O) groups is 1. The summed E-state index contributed by atoms with van der Waals surface area (Å²) in [4.78, 5) is 13.6. The van der Waals surface area contributed by atoms with Crippen LogP contribution in [-0.4, -0.2) is 18.0 Å². The van der Waals surface area contributed by atoms with Crippen LogP contribution < -0.4 is 11.1 Å².